The fourth-order valence-electron chi connectivity index (χ4n) is 3.64. The SMILES string of the molecule is FC(F)(F)C1=CN(c2cccnn2)C(Oc2cccc(C=C3CCCCC3)c2)C=C1. The van der Waals surface area contributed by atoms with E-state index in [0.29, 0.717) is 5.75 Å². The van der Waals surface area contributed by atoms with E-state index in [2.05, 4.69) is 16.3 Å². The molecule has 2 aliphatic rings. The number of allylic oxidation sites excluding steroid dienone is 3. The zero-order chi connectivity index (χ0) is 21.0. The summed E-state index contributed by atoms with van der Waals surface area (Å²) in [5.74, 6) is 0.849. The van der Waals surface area contributed by atoms with Gasteiger partial charge in [0.2, 0.25) is 0 Å². The van der Waals surface area contributed by atoms with Crippen LogP contribution in [-0.2, 0) is 0 Å². The van der Waals surface area contributed by atoms with E-state index >= 15 is 0 Å². The third kappa shape index (κ3) is 4.90. The lowest BCUT2D eigenvalue weighted by Crippen LogP contribution is -2.38. The summed E-state index contributed by atoms with van der Waals surface area (Å²) in [6, 6.07) is 10.8. The minimum atomic E-state index is -4.46. The minimum absolute atomic E-state index is 0.272. The number of hydrogen-bond acceptors (Lipinski definition) is 4. The summed E-state index contributed by atoms with van der Waals surface area (Å²) in [5, 5.41) is 7.72. The Morgan fingerprint density at radius 3 is 2.63 bits per heavy atom. The Bertz CT molecular complexity index is 959. The van der Waals surface area contributed by atoms with Crippen molar-refractivity contribution >= 4 is 11.9 Å². The van der Waals surface area contributed by atoms with Gasteiger partial charge >= 0.3 is 6.18 Å². The number of nitrogens with zero attached hydrogens (tertiary/aromatic N) is 3. The number of rotatable bonds is 4. The first-order chi connectivity index (χ1) is 14.5. The van der Waals surface area contributed by atoms with E-state index in [1.807, 2.05) is 18.2 Å². The first kappa shape index (κ1) is 20.2. The van der Waals surface area contributed by atoms with Gasteiger partial charge in [-0.05, 0) is 67.7 Å². The van der Waals surface area contributed by atoms with Gasteiger partial charge < -0.3 is 4.74 Å². The molecule has 1 aliphatic heterocycles. The van der Waals surface area contributed by atoms with Crippen molar-refractivity contribution in [1.29, 1.82) is 0 Å². The summed E-state index contributed by atoms with van der Waals surface area (Å²) >= 11 is 0. The van der Waals surface area contributed by atoms with Gasteiger partial charge in [-0.3, -0.25) is 4.90 Å². The third-order valence-corrected chi connectivity index (χ3v) is 5.12. The molecular formula is C23H22F3N3O. The maximum atomic E-state index is 13.2. The van der Waals surface area contributed by atoms with Gasteiger partial charge in [0.15, 0.2) is 12.0 Å². The number of aromatic nitrogens is 2. The maximum absolute atomic E-state index is 13.2. The van der Waals surface area contributed by atoms with Gasteiger partial charge in [0.1, 0.15) is 5.75 Å². The number of alkyl halides is 3. The molecule has 1 atom stereocenters. The third-order valence-electron chi connectivity index (χ3n) is 5.12. The smallest absolute Gasteiger partial charge is 0.417 e. The van der Waals surface area contributed by atoms with Crippen LogP contribution in [0.3, 0.4) is 0 Å². The Balaban J connectivity index is 1.58. The van der Waals surface area contributed by atoms with E-state index in [1.165, 1.54) is 42.0 Å². The summed E-state index contributed by atoms with van der Waals surface area (Å²) in [6.07, 6.45) is 7.77. The van der Waals surface area contributed by atoms with Gasteiger partial charge in [0.25, 0.3) is 0 Å². The predicted octanol–water partition coefficient (Wildman–Crippen LogP) is 6.05. The zero-order valence-corrected chi connectivity index (χ0v) is 16.3. The van der Waals surface area contributed by atoms with Gasteiger partial charge in [-0.25, -0.2) is 0 Å². The van der Waals surface area contributed by atoms with Crippen LogP contribution in [0.2, 0.25) is 0 Å². The normalized spacial score (nSPS) is 19.4. The van der Waals surface area contributed by atoms with Crippen LogP contribution >= 0.6 is 0 Å². The van der Waals surface area contributed by atoms with Gasteiger partial charge in [-0.15, -0.1) is 5.10 Å². The Morgan fingerprint density at radius 2 is 1.90 bits per heavy atom. The fraction of sp³-hybridized carbons (Fsp3) is 0.304. The molecule has 0 radical (unpaired) electrons. The molecule has 0 bridgehead atoms. The highest BCUT2D eigenvalue weighted by Crippen LogP contribution is 2.32. The highest BCUT2D eigenvalue weighted by Gasteiger charge is 2.36. The van der Waals surface area contributed by atoms with Crippen LogP contribution < -0.4 is 9.64 Å². The lowest BCUT2D eigenvalue weighted by molar-refractivity contribution is -0.0888. The standard InChI is InChI=1S/C23H22F3N3O/c24-23(25,26)19-11-12-22(29(16-19)21-10-5-13-27-28-21)30-20-9-4-8-18(15-20)14-17-6-2-1-3-7-17/h4-5,8-16,22H,1-3,6-7H2. The molecule has 0 spiro atoms. The Kier molecular flexibility index (Phi) is 5.88. The molecule has 2 heterocycles. The van der Waals surface area contributed by atoms with E-state index in [0.717, 1.165) is 30.7 Å². The van der Waals surface area contributed by atoms with Crippen molar-refractivity contribution < 1.29 is 17.9 Å². The molecule has 4 rings (SSSR count). The van der Waals surface area contributed by atoms with E-state index in [-0.39, 0.29) is 5.82 Å². The van der Waals surface area contributed by atoms with Crippen molar-refractivity contribution in [3.8, 4) is 5.75 Å². The molecule has 1 aromatic heterocycles. The molecule has 1 aliphatic carbocycles. The second-order valence-electron chi connectivity index (χ2n) is 7.37. The fourth-order valence-corrected chi connectivity index (χ4v) is 3.64. The van der Waals surface area contributed by atoms with Crippen LogP contribution in [0.5, 0.6) is 5.75 Å². The van der Waals surface area contributed by atoms with Crippen LogP contribution in [0.4, 0.5) is 19.0 Å². The van der Waals surface area contributed by atoms with Crippen molar-refractivity contribution in [2.24, 2.45) is 0 Å². The molecule has 1 fully saturated rings. The first-order valence-electron chi connectivity index (χ1n) is 9.98. The molecule has 30 heavy (non-hydrogen) atoms. The largest absolute Gasteiger partial charge is 0.467 e. The second-order valence-corrected chi connectivity index (χ2v) is 7.37. The van der Waals surface area contributed by atoms with E-state index in [4.69, 9.17) is 4.74 Å². The van der Waals surface area contributed by atoms with Crippen LogP contribution in [-0.4, -0.2) is 22.6 Å². The molecule has 0 amide bonds. The highest BCUT2D eigenvalue weighted by atomic mass is 19.4. The Labute approximate surface area is 173 Å². The van der Waals surface area contributed by atoms with Crippen LogP contribution in [0, 0.1) is 0 Å². The number of benzene rings is 1. The molecule has 7 heteroatoms. The molecule has 4 nitrogen and oxygen atoms in total. The van der Waals surface area contributed by atoms with Gasteiger partial charge in [0.05, 0.1) is 5.57 Å². The van der Waals surface area contributed by atoms with Crippen molar-refractivity contribution in [1.82, 2.24) is 10.2 Å². The van der Waals surface area contributed by atoms with Crippen LogP contribution in [0.1, 0.15) is 37.7 Å². The van der Waals surface area contributed by atoms with Gasteiger partial charge in [-0.2, -0.15) is 18.3 Å². The monoisotopic (exact) mass is 413 g/mol. The molecule has 1 unspecified atom stereocenters. The van der Waals surface area contributed by atoms with E-state index < -0.39 is 18.0 Å². The average Bonchev–Trinajstić information content (AvgIpc) is 2.75. The molecule has 156 valence electrons. The molecular weight excluding hydrogens is 391 g/mol. The molecule has 1 aromatic carbocycles. The molecule has 2 aromatic rings. The minimum Gasteiger partial charge on any atom is -0.467 e. The summed E-state index contributed by atoms with van der Waals surface area (Å²) < 4.78 is 45.7. The predicted molar refractivity (Wildman–Crippen MR) is 110 cm³/mol. The number of anilines is 1. The van der Waals surface area contributed by atoms with Crippen molar-refractivity contribution in [3.05, 3.63) is 77.7 Å². The van der Waals surface area contributed by atoms with Crippen molar-refractivity contribution in [2.75, 3.05) is 4.90 Å². The number of hydrogen-bond donors (Lipinski definition) is 0. The van der Waals surface area contributed by atoms with Crippen LogP contribution in [0.15, 0.2) is 72.1 Å². The second kappa shape index (κ2) is 8.73. The summed E-state index contributed by atoms with van der Waals surface area (Å²) in [4.78, 5) is 1.34. The Morgan fingerprint density at radius 1 is 1.07 bits per heavy atom. The first-order valence-corrected chi connectivity index (χ1v) is 9.98. The quantitative estimate of drug-likeness (QED) is 0.611. The van der Waals surface area contributed by atoms with Gasteiger partial charge in [0, 0.05) is 12.4 Å². The highest BCUT2D eigenvalue weighted by molar-refractivity contribution is 5.55. The van der Waals surface area contributed by atoms with Crippen molar-refractivity contribution in [2.45, 2.75) is 44.5 Å². The average molecular weight is 413 g/mol. The zero-order valence-electron chi connectivity index (χ0n) is 16.3. The molecule has 1 saturated carbocycles. The summed E-state index contributed by atoms with van der Waals surface area (Å²) in [7, 11) is 0. The van der Waals surface area contributed by atoms with Crippen LogP contribution in [0.25, 0.3) is 6.08 Å². The lowest BCUT2D eigenvalue weighted by atomic mass is 9.93. The van der Waals surface area contributed by atoms with Crippen molar-refractivity contribution in [3.63, 3.8) is 0 Å². The topological polar surface area (TPSA) is 38.2 Å². The number of halogens is 3. The summed E-state index contributed by atoms with van der Waals surface area (Å²) in [6.45, 7) is 0. The number of ether oxygens (including phenoxy) is 1. The van der Waals surface area contributed by atoms with Gasteiger partial charge in [-0.1, -0.05) is 30.2 Å². The van der Waals surface area contributed by atoms with E-state index in [1.54, 1.807) is 18.2 Å². The maximum Gasteiger partial charge on any atom is 0.417 e. The Hall–Kier alpha value is -3.09. The van der Waals surface area contributed by atoms with E-state index in [9.17, 15) is 13.2 Å². The molecule has 0 N–H and O–H groups in total. The lowest BCUT2D eigenvalue weighted by Gasteiger charge is -2.31. The molecule has 0 saturated heterocycles. The summed E-state index contributed by atoms with van der Waals surface area (Å²) in [5.41, 5.74) is 1.68.